The van der Waals surface area contributed by atoms with Crippen molar-refractivity contribution in [2.45, 2.75) is 19.4 Å². The SMILES string of the molecule is CCNC(=NCC(O)c1cc(OC)cc(OC)c1)NCCCOc1ccccc1. The number of hydrogen-bond donors (Lipinski definition) is 3. The van der Waals surface area contributed by atoms with Gasteiger partial charge in [-0.3, -0.25) is 4.99 Å². The first-order valence-electron chi connectivity index (χ1n) is 9.77. The van der Waals surface area contributed by atoms with Crippen LogP contribution in [0, 0.1) is 0 Å². The number of ether oxygens (including phenoxy) is 3. The van der Waals surface area contributed by atoms with Crippen molar-refractivity contribution in [3.63, 3.8) is 0 Å². The van der Waals surface area contributed by atoms with Crippen molar-refractivity contribution < 1.29 is 19.3 Å². The summed E-state index contributed by atoms with van der Waals surface area (Å²) in [6.45, 7) is 4.27. The van der Waals surface area contributed by atoms with Crippen LogP contribution in [0.1, 0.15) is 25.0 Å². The maximum atomic E-state index is 10.5. The second-order valence-corrected chi connectivity index (χ2v) is 6.32. The molecule has 0 amide bonds. The molecule has 1 atom stereocenters. The standard InChI is InChI=1S/C22H31N3O4/c1-4-23-22(24-11-8-12-29-18-9-6-5-7-10-18)25-16-21(26)17-13-19(27-2)15-20(14-17)28-3/h5-7,9-10,13-15,21,26H,4,8,11-12,16H2,1-3H3,(H2,23,24,25). The molecule has 0 heterocycles. The highest BCUT2D eigenvalue weighted by atomic mass is 16.5. The second-order valence-electron chi connectivity index (χ2n) is 6.32. The van der Waals surface area contributed by atoms with Crippen LogP contribution < -0.4 is 24.8 Å². The third-order valence-corrected chi connectivity index (χ3v) is 4.15. The van der Waals surface area contributed by atoms with E-state index in [9.17, 15) is 5.11 Å². The quantitative estimate of drug-likeness (QED) is 0.305. The number of aliphatic hydroxyl groups excluding tert-OH is 1. The molecule has 0 aliphatic carbocycles. The molecule has 0 spiro atoms. The van der Waals surface area contributed by atoms with Crippen molar-refractivity contribution in [1.82, 2.24) is 10.6 Å². The number of nitrogens with one attached hydrogen (secondary N) is 2. The van der Waals surface area contributed by atoms with Crippen LogP contribution in [0.15, 0.2) is 53.5 Å². The van der Waals surface area contributed by atoms with Gasteiger partial charge in [0, 0.05) is 19.2 Å². The highest BCUT2D eigenvalue weighted by molar-refractivity contribution is 5.79. The molecule has 0 radical (unpaired) electrons. The van der Waals surface area contributed by atoms with E-state index >= 15 is 0 Å². The van der Waals surface area contributed by atoms with Gasteiger partial charge < -0.3 is 30.0 Å². The van der Waals surface area contributed by atoms with Crippen molar-refractivity contribution in [2.75, 3.05) is 40.5 Å². The molecule has 0 aromatic heterocycles. The number of methoxy groups -OCH3 is 2. The molecular weight excluding hydrogens is 370 g/mol. The van der Waals surface area contributed by atoms with Crippen molar-refractivity contribution in [3.05, 3.63) is 54.1 Å². The summed E-state index contributed by atoms with van der Waals surface area (Å²) in [6, 6.07) is 15.1. The lowest BCUT2D eigenvalue weighted by Gasteiger charge is -2.15. The van der Waals surface area contributed by atoms with E-state index in [1.165, 1.54) is 0 Å². The summed E-state index contributed by atoms with van der Waals surface area (Å²) in [5.74, 6) is 2.78. The first-order chi connectivity index (χ1) is 14.2. The smallest absolute Gasteiger partial charge is 0.191 e. The molecule has 0 fully saturated rings. The van der Waals surface area contributed by atoms with Gasteiger partial charge in [-0.15, -0.1) is 0 Å². The number of rotatable bonds is 11. The molecule has 2 aromatic rings. The summed E-state index contributed by atoms with van der Waals surface area (Å²) in [4.78, 5) is 4.48. The molecule has 0 aliphatic rings. The van der Waals surface area contributed by atoms with E-state index in [0.29, 0.717) is 36.2 Å². The first kappa shape index (κ1) is 22.4. The van der Waals surface area contributed by atoms with Crippen molar-refractivity contribution in [3.8, 4) is 17.2 Å². The van der Waals surface area contributed by atoms with Gasteiger partial charge in [0.2, 0.25) is 0 Å². The molecule has 0 aliphatic heterocycles. The van der Waals surface area contributed by atoms with Gasteiger partial charge in [0.1, 0.15) is 17.2 Å². The molecule has 29 heavy (non-hydrogen) atoms. The van der Waals surface area contributed by atoms with E-state index in [-0.39, 0.29) is 6.54 Å². The van der Waals surface area contributed by atoms with Crippen molar-refractivity contribution in [1.29, 1.82) is 0 Å². The van der Waals surface area contributed by atoms with Crippen LogP contribution in [0.3, 0.4) is 0 Å². The topological polar surface area (TPSA) is 84.3 Å². The molecule has 158 valence electrons. The number of para-hydroxylation sites is 1. The van der Waals surface area contributed by atoms with Gasteiger partial charge in [0.15, 0.2) is 5.96 Å². The van der Waals surface area contributed by atoms with Crippen molar-refractivity contribution >= 4 is 5.96 Å². The minimum absolute atomic E-state index is 0.214. The predicted octanol–water partition coefficient (Wildman–Crippen LogP) is 2.76. The highest BCUT2D eigenvalue weighted by Crippen LogP contribution is 2.26. The molecule has 0 bridgehead atoms. The molecule has 2 rings (SSSR count). The summed E-state index contributed by atoms with van der Waals surface area (Å²) >= 11 is 0. The third kappa shape index (κ3) is 7.91. The minimum atomic E-state index is -0.768. The number of aliphatic hydroxyl groups is 1. The number of nitrogens with zero attached hydrogens (tertiary/aromatic N) is 1. The second kappa shape index (κ2) is 12.5. The number of aliphatic imine (C=N–C) groups is 1. The normalized spacial score (nSPS) is 12.2. The molecular formula is C22H31N3O4. The Balaban J connectivity index is 1.84. The Morgan fingerprint density at radius 2 is 1.69 bits per heavy atom. The lowest BCUT2D eigenvalue weighted by atomic mass is 10.1. The van der Waals surface area contributed by atoms with Crippen LogP contribution >= 0.6 is 0 Å². The van der Waals surface area contributed by atoms with Gasteiger partial charge in [0.25, 0.3) is 0 Å². The lowest BCUT2D eigenvalue weighted by Crippen LogP contribution is -2.38. The van der Waals surface area contributed by atoms with Gasteiger partial charge in [-0.05, 0) is 43.2 Å². The fourth-order valence-electron chi connectivity index (χ4n) is 2.63. The van der Waals surface area contributed by atoms with Crippen LogP contribution in [0.5, 0.6) is 17.2 Å². The monoisotopic (exact) mass is 401 g/mol. The number of guanidine groups is 1. The highest BCUT2D eigenvalue weighted by Gasteiger charge is 2.11. The predicted molar refractivity (Wildman–Crippen MR) is 115 cm³/mol. The largest absolute Gasteiger partial charge is 0.497 e. The Morgan fingerprint density at radius 3 is 2.31 bits per heavy atom. The summed E-state index contributed by atoms with van der Waals surface area (Å²) in [5, 5.41) is 17.0. The fourth-order valence-corrected chi connectivity index (χ4v) is 2.63. The molecule has 7 nitrogen and oxygen atoms in total. The van der Waals surface area contributed by atoms with Crippen LogP contribution in [0.4, 0.5) is 0 Å². The zero-order valence-corrected chi connectivity index (χ0v) is 17.4. The summed E-state index contributed by atoms with van der Waals surface area (Å²) < 4.78 is 16.2. The Labute approximate surface area is 172 Å². The summed E-state index contributed by atoms with van der Waals surface area (Å²) in [5.41, 5.74) is 0.692. The first-order valence-corrected chi connectivity index (χ1v) is 9.77. The fraction of sp³-hybridized carbons (Fsp3) is 0.409. The minimum Gasteiger partial charge on any atom is -0.497 e. The number of hydrogen-bond acceptors (Lipinski definition) is 5. The maximum absolute atomic E-state index is 10.5. The molecule has 7 heteroatoms. The van der Waals surface area contributed by atoms with E-state index in [1.807, 2.05) is 37.3 Å². The Hall–Kier alpha value is -2.93. The van der Waals surface area contributed by atoms with E-state index in [0.717, 1.165) is 18.7 Å². The van der Waals surface area contributed by atoms with Crippen LogP contribution in [-0.4, -0.2) is 51.5 Å². The molecule has 0 saturated heterocycles. The Bertz CT molecular complexity index is 731. The van der Waals surface area contributed by atoms with E-state index in [4.69, 9.17) is 14.2 Å². The molecule has 1 unspecified atom stereocenters. The zero-order valence-electron chi connectivity index (χ0n) is 17.4. The van der Waals surface area contributed by atoms with Crippen molar-refractivity contribution in [2.24, 2.45) is 4.99 Å². The van der Waals surface area contributed by atoms with Gasteiger partial charge in [0.05, 0.1) is 33.5 Å². The van der Waals surface area contributed by atoms with E-state index < -0.39 is 6.10 Å². The Kier molecular flexibility index (Phi) is 9.65. The van der Waals surface area contributed by atoms with Crippen LogP contribution in [-0.2, 0) is 0 Å². The summed E-state index contributed by atoms with van der Waals surface area (Å²) in [7, 11) is 3.16. The van der Waals surface area contributed by atoms with Gasteiger partial charge >= 0.3 is 0 Å². The maximum Gasteiger partial charge on any atom is 0.191 e. The molecule has 2 aromatic carbocycles. The zero-order chi connectivity index (χ0) is 20.9. The van der Waals surface area contributed by atoms with Gasteiger partial charge in [-0.25, -0.2) is 0 Å². The lowest BCUT2D eigenvalue weighted by molar-refractivity contribution is 0.186. The van der Waals surface area contributed by atoms with Gasteiger partial charge in [-0.1, -0.05) is 18.2 Å². The van der Waals surface area contributed by atoms with Crippen LogP contribution in [0.25, 0.3) is 0 Å². The summed E-state index contributed by atoms with van der Waals surface area (Å²) in [6.07, 6.45) is 0.0606. The average Bonchev–Trinajstić information content (AvgIpc) is 2.77. The Morgan fingerprint density at radius 1 is 1.00 bits per heavy atom. The molecule has 0 saturated carbocycles. The third-order valence-electron chi connectivity index (χ3n) is 4.15. The average molecular weight is 402 g/mol. The van der Waals surface area contributed by atoms with Crippen LogP contribution in [0.2, 0.25) is 0 Å². The van der Waals surface area contributed by atoms with Gasteiger partial charge in [-0.2, -0.15) is 0 Å². The van der Waals surface area contributed by atoms with E-state index in [2.05, 4.69) is 15.6 Å². The molecule has 3 N–H and O–H groups in total. The van der Waals surface area contributed by atoms with E-state index in [1.54, 1.807) is 32.4 Å². The number of benzene rings is 2.